The van der Waals surface area contributed by atoms with E-state index in [9.17, 15) is 29.1 Å². The van der Waals surface area contributed by atoms with Gasteiger partial charge in [0.1, 0.15) is 11.6 Å². The Hall–Kier alpha value is -5.39. The Morgan fingerprint density at radius 3 is 2.31 bits per heavy atom. The zero-order valence-electron chi connectivity index (χ0n) is 28.1. The fourth-order valence-corrected chi connectivity index (χ4v) is 6.19. The number of aromatic nitrogens is 2. The first-order chi connectivity index (χ1) is 23.3. The third-order valence-corrected chi connectivity index (χ3v) is 8.81. The molecule has 0 unspecified atom stereocenters. The lowest BCUT2D eigenvalue weighted by molar-refractivity contribution is -0.130. The molecule has 1 fully saturated rings. The second-order valence-corrected chi connectivity index (χ2v) is 13.7. The highest BCUT2D eigenvalue weighted by atomic mass is 16.6. The van der Waals surface area contributed by atoms with Crippen LogP contribution in [0.5, 0.6) is 0 Å². The second-order valence-electron chi connectivity index (χ2n) is 13.7. The molecule has 1 aliphatic carbocycles. The number of aromatic amines is 2. The van der Waals surface area contributed by atoms with Crippen molar-refractivity contribution in [2.75, 3.05) is 11.9 Å². The van der Waals surface area contributed by atoms with Crippen molar-refractivity contribution in [1.29, 1.82) is 0 Å². The number of H-pyrrole nitrogens is 2. The second kappa shape index (κ2) is 14.8. The highest BCUT2D eigenvalue weighted by Gasteiger charge is 2.30. The molecule has 0 aliphatic heterocycles. The van der Waals surface area contributed by atoms with Crippen molar-refractivity contribution >= 4 is 40.5 Å². The number of benzene rings is 3. The van der Waals surface area contributed by atoms with Crippen molar-refractivity contribution < 1.29 is 29.0 Å². The lowest BCUT2D eigenvalue weighted by Gasteiger charge is -2.29. The minimum absolute atomic E-state index is 0.199. The van der Waals surface area contributed by atoms with Crippen molar-refractivity contribution in [2.45, 2.75) is 71.4 Å². The molecule has 1 heterocycles. The third-order valence-electron chi connectivity index (χ3n) is 8.81. The fourth-order valence-electron chi connectivity index (χ4n) is 6.19. The summed E-state index contributed by atoms with van der Waals surface area (Å²) in [4.78, 5) is 62.6. The molecule has 1 aromatic heterocycles. The van der Waals surface area contributed by atoms with E-state index in [-0.39, 0.29) is 35.3 Å². The van der Waals surface area contributed by atoms with E-state index in [1.807, 2.05) is 52.0 Å². The van der Waals surface area contributed by atoms with E-state index < -0.39 is 29.6 Å². The van der Waals surface area contributed by atoms with Gasteiger partial charge in [-0.3, -0.25) is 24.6 Å². The van der Waals surface area contributed by atoms with E-state index in [2.05, 4.69) is 26.1 Å². The predicted molar refractivity (Wildman–Crippen MR) is 186 cm³/mol. The molecular formula is C37H43N5O7. The molecule has 3 amide bonds. The lowest BCUT2D eigenvalue weighted by atomic mass is 9.81. The summed E-state index contributed by atoms with van der Waals surface area (Å²) in [5, 5.41) is 23.8. The molecule has 4 aromatic rings. The molecule has 1 saturated carbocycles. The van der Waals surface area contributed by atoms with Gasteiger partial charge in [0.05, 0.1) is 16.5 Å². The average molecular weight is 670 g/mol. The van der Waals surface area contributed by atoms with Crippen molar-refractivity contribution in [3.05, 3.63) is 87.7 Å². The Morgan fingerprint density at radius 1 is 0.939 bits per heavy atom. The fraction of sp³-hybridized carbons (Fsp3) is 0.378. The zero-order chi connectivity index (χ0) is 35.3. The highest BCUT2D eigenvalue weighted by Crippen LogP contribution is 2.29. The minimum atomic E-state index is -0.985. The number of alkyl carbamates (subject to hydrolysis) is 1. The van der Waals surface area contributed by atoms with Gasteiger partial charge in [-0.25, -0.2) is 9.59 Å². The molecule has 0 radical (unpaired) electrons. The van der Waals surface area contributed by atoms with Crippen LogP contribution >= 0.6 is 0 Å². The van der Waals surface area contributed by atoms with E-state index in [1.54, 1.807) is 36.4 Å². The van der Waals surface area contributed by atoms with Crippen LogP contribution in [0.2, 0.25) is 0 Å². The van der Waals surface area contributed by atoms with Gasteiger partial charge < -0.3 is 25.8 Å². The molecule has 12 heteroatoms. The van der Waals surface area contributed by atoms with Gasteiger partial charge in [0, 0.05) is 24.6 Å². The first-order valence-electron chi connectivity index (χ1n) is 16.5. The van der Waals surface area contributed by atoms with E-state index in [1.165, 1.54) is 0 Å². The van der Waals surface area contributed by atoms with Gasteiger partial charge in [-0.2, -0.15) is 0 Å². The molecule has 12 nitrogen and oxygen atoms in total. The molecule has 3 aromatic carbocycles. The van der Waals surface area contributed by atoms with Gasteiger partial charge >= 0.3 is 12.1 Å². The maximum Gasteiger partial charge on any atom is 0.407 e. The minimum Gasteiger partial charge on any atom is -0.478 e. The monoisotopic (exact) mass is 669 g/mol. The number of carbonyl (C=O) groups is 4. The molecular weight excluding hydrogens is 626 g/mol. The molecule has 0 saturated heterocycles. The number of hydrogen-bond acceptors (Lipinski definition) is 6. The first kappa shape index (κ1) is 34.9. The number of anilines is 1. The third kappa shape index (κ3) is 9.16. The maximum absolute atomic E-state index is 13.7. The quantitative estimate of drug-likeness (QED) is 0.128. The summed E-state index contributed by atoms with van der Waals surface area (Å²) in [5.41, 5.74) is 3.85. The molecule has 258 valence electrons. The number of amides is 3. The van der Waals surface area contributed by atoms with Gasteiger partial charge in [-0.15, -0.1) is 0 Å². The van der Waals surface area contributed by atoms with Crippen LogP contribution in [0.25, 0.3) is 22.0 Å². The Balaban J connectivity index is 1.26. The topological polar surface area (TPSA) is 182 Å². The van der Waals surface area contributed by atoms with Gasteiger partial charge in [0.25, 0.3) is 5.56 Å². The van der Waals surface area contributed by atoms with Gasteiger partial charge in [-0.1, -0.05) is 30.3 Å². The number of ether oxygens (including phenoxy) is 1. The van der Waals surface area contributed by atoms with Crippen LogP contribution in [-0.2, 0) is 20.7 Å². The average Bonchev–Trinajstić information content (AvgIpc) is 3.42. The molecule has 6 N–H and O–H groups in total. The molecule has 1 atom stereocenters. The summed E-state index contributed by atoms with van der Waals surface area (Å²) in [6, 6.07) is 16.6. The Bertz CT molecular complexity index is 1900. The summed E-state index contributed by atoms with van der Waals surface area (Å²) in [7, 11) is 0. The maximum atomic E-state index is 13.7. The summed E-state index contributed by atoms with van der Waals surface area (Å²) in [6.07, 6.45) is 2.55. The number of fused-ring (bicyclic) bond motifs is 1. The Kier molecular flexibility index (Phi) is 10.5. The van der Waals surface area contributed by atoms with Gasteiger partial charge in [-0.05, 0) is 112 Å². The smallest absolute Gasteiger partial charge is 0.407 e. The molecule has 0 spiro atoms. The number of carbonyl (C=O) groups excluding carboxylic acids is 3. The van der Waals surface area contributed by atoms with Crippen LogP contribution < -0.4 is 21.5 Å². The summed E-state index contributed by atoms with van der Waals surface area (Å²) < 4.78 is 5.33. The highest BCUT2D eigenvalue weighted by molar-refractivity contribution is 5.99. The number of hydrogen-bond donors (Lipinski definition) is 6. The normalized spacial score (nSPS) is 16.8. The largest absolute Gasteiger partial charge is 0.478 e. The van der Waals surface area contributed by atoms with Crippen LogP contribution in [0, 0.1) is 18.8 Å². The molecule has 0 bridgehead atoms. The first-order valence-corrected chi connectivity index (χ1v) is 16.5. The molecule has 5 rings (SSSR count). The number of aryl methyl sites for hydroxylation is 1. The van der Waals surface area contributed by atoms with E-state index in [0.29, 0.717) is 36.0 Å². The van der Waals surface area contributed by atoms with Crippen LogP contribution in [0.15, 0.2) is 65.5 Å². The standard InChI is InChI=1S/C37H43N5O7/c1-21-17-26(35(46)47)13-15-28(21)24-9-5-22(6-10-24)18-31(34(45)39-27-14-16-29-30(19-27)41-42-33(29)44)40-32(43)25-11-7-23(8-12-25)20-38-36(48)49-37(2,3)4/h5-6,9-10,13-17,19,23,25,31H,7-8,11-12,18,20H2,1-4H3,(H,38,48)(H,39,45)(H,40,43)(H,46,47)(H2,41,42,44)/t23?,25?,31-/m0/s1. The zero-order valence-corrected chi connectivity index (χ0v) is 28.1. The molecule has 1 aliphatic rings. The van der Waals surface area contributed by atoms with Crippen molar-refractivity contribution in [3.63, 3.8) is 0 Å². The number of rotatable bonds is 10. The van der Waals surface area contributed by atoms with E-state index in [0.717, 1.165) is 35.1 Å². The number of nitrogens with one attached hydrogen (secondary N) is 5. The van der Waals surface area contributed by atoms with Crippen LogP contribution in [0.1, 0.15) is 67.9 Å². The Morgan fingerprint density at radius 2 is 1.65 bits per heavy atom. The van der Waals surface area contributed by atoms with Crippen molar-refractivity contribution in [3.8, 4) is 11.1 Å². The van der Waals surface area contributed by atoms with E-state index in [4.69, 9.17) is 4.74 Å². The summed E-state index contributed by atoms with van der Waals surface area (Å²) >= 11 is 0. The SMILES string of the molecule is Cc1cc(C(=O)O)ccc1-c1ccc(C[C@H](NC(=O)C2CCC(CNC(=O)OC(C)(C)C)CC2)C(=O)Nc2ccc3c(=O)[nH][nH]c3c2)cc1. The number of carboxylic acid groups (broad SMARTS) is 1. The summed E-state index contributed by atoms with van der Waals surface area (Å²) in [6.45, 7) is 7.77. The van der Waals surface area contributed by atoms with Crippen molar-refractivity contribution in [1.82, 2.24) is 20.8 Å². The molecule has 49 heavy (non-hydrogen) atoms. The Labute approximate surface area is 284 Å². The van der Waals surface area contributed by atoms with Gasteiger partial charge in [0.15, 0.2) is 0 Å². The van der Waals surface area contributed by atoms with Crippen LogP contribution in [0.4, 0.5) is 10.5 Å². The summed E-state index contributed by atoms with van der Waals surface area (Å²) in [5.74, 6) is -1.62. The predicted octanol–water partition coefficient (Wildman–Crippen LogP) is 5.53. The number of aromatic carboxylic acids is 1. The van der Waals surface area contributed by atoms with Gasteiger partial charge in [0.2, 0.25) is 11.8 Å². The van der Waals surface area contributed by atoms with Crippen LogP contribution in [0.3, 0.4) is 0 Å². The van der Waals surface area contributed by atoms with Crippen molar-refractivity contribution in [2.24, 2.45) is 11.8 Å². The van der Waals surface area contributed by atoms with Crippen LogP contribution in [-0.4, -0.2) is 57.4 Å². The lowest BCUT2D eigenvalue weighted by Crippen LogP contribution is -2.48. The number of carboxylic acids is 1. The van der Waals surface area contributed by atoms with E-state index >= 15 is 0 Å².